The number of ether oxygens (including phenoxy) is 1. The van der Waals surface area contributed by atoms with Gasteiger partial charge in [0, 0.05) is 5.57 Å². The number of esters is 1. The maximum Gasteiger partial charge on any atom is 0.333 e. The topological polar surface area (TPSA) is 26.3 Å². The number of allylic oxidation sites excluding steroid dienone is 1. The Morgan fingerprint density at radius 2 is 1.12 bits per heavy atom. The molecule has 0 aliphatic rings. The first-order chi connectivity index (χ1) is 12.2. The summed E-state index contributed by atoms with van der Waals surface area (Å²) in [5.41, 5.74) is 0.783. The van der Waals surface area contributed by atoms with Gasteiger partial charge in [0.1, 0.15) is 0 Å². The van der Waals surface area contributed by atoms with Gasteiger partial charge in [-0.15, -0.1) is 0 Å². The van der Waals surface area contributed by atoms with Gasteiger partial charge in [0.25, 0.3) is 0 Å². The van der Waals surface area contributed by atoms with Gasteiger partial charge < -0.3 is 4.74 Å². The summed E-state index contributed by atoms with van der Waals surface area (Å²) in [6.45, 7) is 6.97. The first kappa shape index (κ1) is 24.2. The third-order valence-corrected chi connectivity index (χ3v) is 4.81. The summed E-state index contributed by atoms with van der Waals surface area (Å²) in [4.78, 5) is 11.9. The number of carbonyl (C=O) groups is 1. The van der Waals surface area contributed by atoms with Crippen molar-refractivity contribution >= 4 is 5.97 Å². The zero-order valence-electron chi connectivity index (χ0n) is 17.4. The summed E-state index contributed by atoms with van der Waals surface area (Å²) in [6.07, 6.45) is 22.4. The Balaban J connectivity index is 3.45. The largest absolute Gasteiger partial charge is 0.462 e. The van der Waals surface area contributed by atoms with Crippen molar-refractivity contribution in [2.24, 2.45) is 0 Å². The van der Waals surface area contributed by atoms with Crippen molar-refractivity contribution in [3.63, 3.8) is 0 Å². The lowest BCUT2D eigenvalue weighted by Gasteiger charge is -2.05. The van der Waals surface area contributed by atoms with Gasteiger partial charge in [0.15, 0.2) is 0 Å². The first-order valence-electron chi connectivity index (χ1n) is 11.1. The number of rotatable bonds is 18. The van der Waals surface area contributed by atoms with Gasteiger partial charge in [-0.2, -0.15) is 0 Å². The van der Waals surface area contributed by atoms with E-state index in [0.29, 0.717) is 6.61 Å². The van der Waals surface area contributed by atoms with Gasteiger partial charge in [-0.25, -0.2) is 4.79 Å². The monoisotopic (exact) mass is 352 g/mol. The molecule has 0 fully saturated rings. The van der Waals surface area contributed by atoms with Crippen molar-refractivity contribution in [2.45, 2.75) is 124 Å². The van der Waals surface area contributed by atoms with Crippen molar-refractivity contribution in [3.8, 4) is 0 Å². The molecule has 0 N–H and O–H groups in total. The molecular formula is C23H44O2. The van der Waals surface area contributed by atoms with E-state index >= 15 is 0 Å². The van der Waals surface area contributed by atoms with E-state index in [4.69, 9.17) is 4.74 Å². The third-order valence-electron chi connectivity index (χ3n) is 4.81. The molecule has 2 heteroatoms. The first-order valence-corrected chi connectivity index (χ1v) is 11.1. The number of carbonyl (C=O) groups excluding carboxylic acids is 1. The zero-order valence-corrected chi connectivity index (χ0v) is 17.4. The van der Waals surface area contributed by atoms with Gasteiger partial charge >= 0.3 is 5.97 Å². The summed E-state index contributed by atoms with van der Waals surface area (Å²) in [5.74, 6) is -0.120. The van der Waals surface area contributed by atoms with E-state index in [1.54, 1.807) is 0 Å². The second-order valence-corrected chi connectivity index (χ2v) is 7.41. The molecule has 2 nitrogen and oxygen atoms in total. The van der Waals surface area contributed by atoms with E-state index in [2.05, 4.69) is 19.9 Å². The average Bonchev–Trinajstić information content (AvgIpc) is 2.62. The fourth-order valence-electron chi connectivity index (χ4n) is 3.02. The lowest BCUT2D eigenvalue weighted by Crippen LogP contribution is -2.07. The Kier molecular flexibility index (Phi) is 18.9. The van der Waals surface area contributed by atoms with Crippen molar-refractivity contribution < 1.29 is 9.53 Å². The highest BCUT2D eigenvalue weighted by atomic mass is 16.5. The zero-order chi connectivity index (χ0) is 18.6. The molecule has 0 aromatic carbocycles. The Morgan fingerprint density at radius 1 is 0.680 bits per heavy atom. The number of hydrogen-bond acceptors (Lipinski definition) is 2. The van der Waals surface area contributed by atoms with Crippen LogP contribution in [-0.2, 0) is 9.53 Å². The van der Waals surface area contributed by atoms with Gasteiger partial charge in [0.05, 0.1) is 6.61 Å². The van der Waals surface area contributed by atoms with Gasteiger partial charge in [-0.1, -0.05) is 103 Å². The van der Waals surface area contributed by atoms with E-state index in [9.17, 15) is 4.79 Å². The van der Waals surface area contributed by atoms with Crippen LogP contribution in [0.1, 0.15) is 124 Å². The molecule has 0 heterocycles. The SMILES string of the molecule is CCCCCCCCCC=C(C)C(=O)OCCCCCCCCCC. The van der Waals surface area contributed by atoms with Crippen LogP contribution in [0, 0.1) is 0 Å². The molecule has 0 bridgehead atoms. The molecule has 148 valence electrons. The summed E-state index contributed by atoms with van der Waals surface area (Å²) >= 11 is 0. The smallest absolute Gasteiger partial charge is 0.333 e. The van der Waals surface area contributed by atoms with Crippen molar-refractivity contribution in [1.82, 2.24) is 0 Å². The van der Waals surface area contributed by atoms with Crippen LogP contribution < -0.4 is 0 Å². The maximum absolute atomic E-state index is 11.9. The van der Waals surface area contributed by atoms with E-state index in [-0.39, 0.29) is 5.97 Å². The summed E-state index contributed by atoms with van der Waals surface area (Å²) < 4.78 is 5.36. The van der Waals surface area contributed by atoms with Crippen LogP contribution in [0.5, 0.6) is 0 Å². The second-order valence-electron chi connectivity index (χ2n) is 7.41. The molecule has 0 amide bonds. The number of hydrogen-bond donors (Lipinski definition) is 0. The Labute approximate surface area is 157 Å². The lowest BCUT2D eigenvalue weighted by molar-refractivity contribution is -0.139. The number of unbranched alkanes of at least 4 members (excludes halogenated alkanes) is 14. The molecule has 25 heavy (non-hydrogen) atoms. The Morgan fingerprint density at radius 3 is 1.64 bits per heavy atom. The van der Waals surface area contributed by atoms with Crippen molar-refractivity contribution in [3.05, 3.63) is 11.6 Å². The fraction of sp³-hybridized carbons (Fsp3) is 0.870. The highest BCUT2D eigenvalue weighted by molar-refractivity contribution is 5.87. The van der Waals surface area contributed by atoms with Gasteiger partial charge in [-0.3, -0.25) is 0 Å². The molecule has 0 aromatic rings. The summed E-state index contributed by atoms with van der Waals surface area (Å²) in [6, 6.07) is 0. The van der Waals surface area contributed by atoms with E-state index in [1.165, 1.54) is 89.9 Å². The van der Waals surface area contributed by atoms with E-state index < -0.39 is 0 Å². The summed E-state index contributed by atoms with van der Waals surface area (Å²) in [5, 5.41) is 0. The van der Waals surface area contributed by atoms with Crippen molar-refractivity contribution in [1.29, 1.82) is 0 Å². The molecule has 0 aliphatic carbocycles. The minimum atomic E-state index is -0.120. The van der Waals surface area contributed by atoms with Gasteiger partial charge in [-0.05, 0) is 26.2 Å². The normalized spacial score (nSPS) is 11.7. The maximum atomic E-state index is 11.9. The minimum absolute atomic E-state index is 0.120. The predicted molar refractivity (Wildman–Crippen MR) is 110 cm³/mol. The second kappa shape index (κ2) is 19.5. The molecule has 0 unspecified atom stereocenters. The van der Waals surface area contributed by atoms with Crippen LogP contribution in [0.25, 0.3) is 0 Å². The highest BCUT2D eigenvalue weighted by Crippen LogP contribution is 2.11. The van der Waals surface area contributed by atoms with E-state index in [0.717, 1.165) is 18.4 Å². The van der Waals surface area contributed by atoms with Crippen LogP contribution in [0.3, 0.4) is 0 Å². The third kappa shape index (κ3) is 17.8. The highest BCUT2D eigenvalue weighted by Gasteiger charge is 2.04. The van der Waals surface area contributed by atoms with Crippen LogP contribution in [0.15, 0.2) is 11.6 Å². The van der Waals surface area contributed by atoms with Gasteiger partial charge in [0.2, 0.25) is 0 Å². The quantitative estimate of drug-likeness (QED) is 0.143. The molecular weight excluding hydrogens is 308 g/mol. The average molecular weight is 353 g/mol. The standard InChI is InChI=1S/C23H44O2/c1-4-6-8-10-12-14-16-18-20-22(3)23(24)25-21-19-17-15-13-11-9-7-5-2/h20H,4-19,21H2,1-3H3. The van der Waals surface area contributed by atoms with Crippen LogP contribution in [0.4, 0.5) is 0 Å². The lowest BCUT2D eigenvalue weighted by atomic mass is 10.1. The van der Waals surface area contributed by atoms with Crippen LogP contribution in [0.2, 0.25) is 0 Å². The molecule has 0 saturated carbocycles. The summed E-state index contributed by atoms with van der Waals surface area (Å²) in [7, 11) is 0. The molecule has 0 radical (unpaired) electrons. The Bertz CT molecular complexity index is 320. The molecule has 0 spiro atoms. The van der Waals surface area contributed by atoms with Crippen LogP contribution in [-0.4, -0.2) is 12.6 Å². The van der Waals surface area contributed by atoms with E-state index in [1.807, 2.05) is 6.92 Å². The molecule has 0 aliphatic heterocycles. The molecule has 0 aromatic heterocycles. The van der Waals surface area contributed by atoms with Crippen LogP contribution >= 0.6 is 0 Å². The molecule has 0 rings (SSSR count). The Hall–Kier alpha value is -0.790. The molecule has 0 saturated heterocycles. The molecule has 0 atom stereocenters. The van der Waals surface area contributed by atoms with Crippen molar-refractivity contribution in [2.75, 3.05) is 6.61 Å². The predicted octanol–water partition coefficient (Wildman–Crippen LogP) is 7.76. The minimum Gasteiger partial charge on any atom is -0.462 e. The fourth-order valence-corrected chi connectivity index (χ4v) is 3.02.